The van der Waals surface area contributed by atoms with Crippen molar-refractivity contribution in [1.82, 2.24) is 9.80 Å². The number of nitrogens with zero attached hydrogens (tertiary/aromatic N) is 2. The molecule has 120 valence electrons. The molecule has 22 heavy (non-hydrogen) atoms. The fraction of sp³-hybridized carbons (Fsp3) is 0.600. The molecular weight excluding hydrogens is 322 g/mol. The van der Waals surface area contributed by atoms with E-state index in [0.717, 1.165) is 0 Å². The Kier molecular flexibility index (Phi) is 23.2. The second kappa shape index (κ2) is 17.2. The Hall–Kier alpha value is -0.200. The molecule has 0 fully saturated rings. The van der Waals surface area contributed by atoms with Gasteiger partial charge in [0.05, 0.1) is 26.2 Å². The van der Waals surface area contributed by atoms with Crippen molar-refractivity contribution in [2.75, 3.05) is 40.3 Å². The minimum atomic E-state index is -1.02. The average molecular weight is 342 g/mol. The van der Waals surface area contributed by atoms with E-state index in [2.05, 4.69) is 0 Å². The van der Waals surface area contributed by atoms with Gasteiger partial charge in [-0.3, -0.25) is 29.0 Å². The minimum absolute atomic E-state index is 0. The maximum atomic E-state index is 9.96. The molecule has 0 unspecified atom stereocenters. The van der Waals surface area contributed by atoms with Gasteiger partial charge in [-0.15, -0.1) is 0 Å². The summed E-state index contributed by atoms with van der Waals surface area (Å²) in [5, 5.41) is 32.6. The molecule has 0 heterocycles. The topological polar surface area (TPSA) is 156 Å². The van der Waals surface area contributed by atoms with Gasteiger partial charge >= 0.3 is 83.0 Å². The number of aliphatic carboxylic acids is 4. The summed E-state index contributed by atoms with van der Waals surface area (Å²) in [6.07, 6.45) is 0. The smallest absolute Gasteiger partial charge is 1.00 e. The SMILES string of the molecule is CN(CC(=O)O)CC(=O)O.CN(CC(=O)O)CC(=O)O.[H-].[H-].[Na+].[Na+]. The summed E-state index contributed by atoms with van der Waals surface area (Å²) in [6, 6.07) is 0. The molecule has 0 saturated heterocycles. The molecule has 0 aromatic carbocycles. The van der Waals surface area contributed by atoms with Crippen LogP contribution < -0.4 is 59.1 Å². The molecular formula is C10H20N2Na2O8. The van der Waals surface area contributed by atoms with Gasteiger partial charge in [-0.1, -0.05) is 0 Å². The number of likely N-dealkylation sites (N-methyl/N-ethyl adjacent to an activating group) is 2. The van der Waals surface area contributed by atoms with Crippen LogP contribution in [0, 0.1) is 0 Å². The van der Waals surface area contributed by atoms with Crippen molar-refractivity contribution in [1.29, 1.82) is 0 Å². The number of carboxylic acid groups (broad SMARTS) is 4. The number of hydrogen-bond acceptors (Lipinski definition) is 6. The second-order valence-corrected chi connectivity index (χ2v) is 3.92. The second-order valence-electron chi connectivity index (χ2n) is 3.92. The number of carboxylic acids is 4. The van der Waals surface area contributed by atoms with Crippen molar-refractivity contribution in [3.8, 4) is 0 Å². The van der Waals surface area contributed by atoms with Crippen LogP contribution in [0.1, 0.15) is 2.85 Å². The van der Waals surface area contributed by atoms with Crippen molar-refractivity contribution in [3.05, 3.63) is 0 Å². The van der Waals surface area contributed by atoms with Crippen LogP contribution in [0.3, 0.4) is 0 Å². The van der Waals surface area contributed by atoms with E-state index in [1.807, 2.05) is 0 Å². The molecule has 12 heteroatoms. The summed E-state index contributed by atoms with van der Waals surface area (Å²) in [5.41, 5.74) is 0. The largest absolute Gasteiger partial charge is 1.00 e. The monoisotopic (exact) mass is 342 g/mol. The molecule has 0 aromatic heterocycles. The van der Waals surface area contributed by atoms with Crippen LogP contribution in [0.5, 0.6) is 0 Å². The predicted molar refractivity (Wildman–Crippen MR) is 67.8 cm³/mol. The van der Waals surface area contributed by atoms with Crippen LogP contribution in [0.25, 0.3) is 0 Å². The van der Waals surface area contributed by atoms with E-state index in [-0.39, 0.29) is 88.1 Å². The third kappa shape index (κ3) is 28.0. The molecule has 0 radical (unpaired) electrons. The Morgan fingerprint density at radius 1 is 0.636 bits per heavy atom. The predicted octanol–water partition coefficient (Wildman–Crippen LogP) is -7.59. The normalized spacial score (nSPS) is 8.91. The summed E-state index contributed by atoms with van der Waals surface area (Å²) in [5.74, 6) is -4.10. The van der Waals surface area contributed by atoms with Crippen LogP contribution in [0.15, 0.2) is 0 Å². The maximum absolute atomic E-state index is 9.96. The molecule has 0 atom stereocenters. The third-order valence-electron chi connectivity index (χ3n) is 1.62. The third-order valence-corrected chi connectivity index (χ3v) is 1.62. The Balaban J connectivity index is -0.0000000579. The molecule has 0 aliphatic carbocycles. The minimum Gasteiger partial charge on any atom is -1.00 e. The first-order valence-electron chi connectivity index (χ1n) is 5.28. The Bertz CT molecular complexity index is 311. The van der Waals surface area contributed by atoms with Crippen LogP contribution >= 0.6 is 0 Å². The summed E-state index contributed by atoms with van der Waals surface area (Å²) < 4.78 is 0. The zero-order chi connectivity index (χ0) is 16.3. The quantitative estimate of drug-likeness (QED) is 0.312. The maximum Gasteiger partial charge on any atom is 1.00 e. The van der Waals surface area contributed by atoms with Crippen LogP contribution in [0.2, 0.25) is 0 Å². The summed E-state index contributed by atoms with van der Waals surface area (Å²) in [4.78, 5) is 42.2. The van der Waals surface area contributed by atoms with E-state index >= 15 is 0 Å². The first kappa shape index (κ1) is 29.8. The van der Waals surface area contributed by atoms with Crippen molar-refractivity contribution in [2.24, 2.45) is 0 Å². The van der Waals surface area contributed by atoms with E-state index in [1.165, 1.54) is 23.9 Å². The first-order valence-corrected chi connectivity index (χ1v) is 5.28. The Morgan fingerprint density at radius 3 is 0.864 bits per heavy atom. The van der Waals surface area contributed by atoms with Gasteiger partial charge in [-0.05, 0) is 14.1 Å². The number of hydrogen-bond donors (Lipinski definition) is 4. The molecule has 10 nitrogen and oxygen atoms in total. The van der Waals surface area contributed by atoms with Gasteiger partial charge in [0.15, 0.2) is 0 Å². The molecule has 0 rings (SSSR count). The molecule has 0 aliphatic heterocycles. The van der Waals surface area contributed by atoms with Crippen molar-refractivity contribution in [3.63, 3.8) is 0 Å². The summed E-state index contributed by atoms with van der Waals surface area (Å²) in [7, 11) is 2.87. The molecule has 0 spiro atoms. The van der Waals surface area contributed by atoms with Gasteiger partial charge in [0.25, 0.3) is 0 Å². The van der Waals surface area contributed by atoms with Gasteiger partial charge in [0.1, 0.15) is 0 Å². The fourth-order valence-corrected chi connectivity index (χ4v) is 1.04. The first-order chi connectivity index (χ1) is 9.04. The van der Waals surface area contributed by atoms with Gasteiger partial charge < -0.3 is 23.3 Å². The van der Waals surface area contributed by atoms with Crippen LogP contribution in [-0.2, 0) is 19.2 Å². The van der Waals surface area contributed by atoms with E-state index in [0.29, 0.717) is 0 Å². The Morgan fingerprint density at radius 2 is 0.773 bits per heavy atom. The fourth-order valence-electron chi connectivity index (χ4n) is 1.04. The van der Waals surface area contributed by atoms with Crippen molar-refractivity contribution < 1.29 is 102 Å². The standard InChI is InChI=1S/2C5H9NO4.2Na.2H/c2*1-6(2-4(7)8)3-5(9)10;;;;/h2*2-3H2,1H3,(H,7,8)(H,9,10);;;;/q;;2*+1;2*-1. The molecule has 0 amide bonds. The van der Waals surface area contributed by atoms with E-state index in [9.17, 15) is 19.2 Å². The van der Waals surface area contributed by atoms with Crippen LogP contribution in [-0.4, -0.2) is 94.4 Å². The van der Waals surface area contributed by atoms with E-state index in [4.69, 9.17) is 20.4 Å². The van der Waals surface area contributed by atoms with Crippen molar-refractivity contribution >= 4 is 23.9 Å². The van der Waals surface area contributed by atoms with Crippen molar-refractivity contribution in [2.45, 2.75) is 0 Å². The average Bonchev–Trinajstić information content (AvgIpc) is 2.11. The molecule has 0 aliphatic rings. The molecule has 0 bridgehead atoms. The number of rotatable bonds is 8. The molecule has 0 aromatic rings. The zero-order valence-corrected chi connectivity index (χ0v) is 17.1. The van der Waals surface area contributed by atoms with Crippen LogP contribution in [0.4, 0.5) is 0 Å². The molecule has 4 N–H and O–H groups in total. The van der Waals surface area contributed by atoms with Gasteiger partial charge in [-0.25, -0.2) is 0 Å². The van der Waals surface area contributed by atoms with E-state index in [1.54, 1.807) is 0 Å². The van der Waals surface area contributed by atoms with Gasteiger partial charge in [0, 0.05) is 0 Å². The van der Waals surface area contributed by atoms with Gasteiger partial charge in [-0.2, -0.15) is 0 Å². The zero-order valence-electron chi connectivity index (χ0n) is 15.1. The Labute approximate surface area is 174 Å². The number of carbonyl (C=O) groups is 4. The van der Waals surface area contributed by atoms with Gasteiger partial charge in [0.2, 0.25) is 0 Å². The molecule has 0 saturated carbocycles. The van der Waals surface area contributed by atoms with E-state index < -0.39 is 23.9 Å². The summed E-state index contributed by atoms with van der Waals surface area (Å²) >= 11 is 0. The summed E-state index contributed by atoms with van der Waals surface area (Å²) in [6.45, 7) is -0.975.